The Morgan fingerprint density at radius 1 is 1.36 bits per heavy atom. The van der Waals surface area contributed by atoms with Crippen LogP contribution in [0.15, 0.2) is 22.6 Å². The highest BCUT2D eigenvalue weighted by atomic mass is 127. The third-order valence-corrected chi connectivity index (χ3v) is 5.13. The van der Waals surface area contributed by atoms with E-state index in [0.717, 1.165) is 16.6 Å². The Kier molecular flexibility index (Phi) is 7.53. The molecule has 0 unspecified atom stereocenters. The van der Waals surface area contributed by atoms with Gasteiger partial charge in [0.2, 0.25) is 0 Å². The van der Waals surface area contributed by atoms with Crippen LogP contribution < -0.4 is 0 Å². The fourth-order valence-corrected chi connectivity index (χ4v) is 3.63. The lowest BCUT2D eigenvalue weighted by Crippen LogP contribution is -2.36. The van der Waals surface area contributed by atoms with Gasteiger partial charge in [-0.3, -0.25) is 0 Å². The number of carbonyl (C=O) groups excluding carboxylic acids is 2. The second-order valence-corrected chi connectivity index (χ2v) is 8.00. The molecule has 5 nitrogen and oxygen atoms in total. The lowest BCUT2D eigenvalue weighted by molar-refractivity contribution is -0.165. The highest BCUT2D eigenvalue weighted by Crippen LogP contribution is 2.35. The van der Waals surface area contributed by atoms with E-state index in [1.165, 1.54) is 18.6 Å². The summed E-state index contributed by atoms with van der Waals surface area (Å²) in [4.78, 5) is 23.7. The fraction of sp³-hybridized carbons (Fsp3) is 0.579. The SMILES string of the molecule is CC(C)[C@H]1CC[C@H](C)C[C@@H]1OC(=O)COC(=O)/C=C/c1ccc(I)o1. The largest absolute Gasteiger partial charge is 0.460 e. The Hall–Kier alpha value is -1.31. The maximum atomic E-state index is 12.0. The van der Waals surface area contributed by atoms with Gasteiger partial charge in [-0.2, -0.15) is 0 Å². The number of ether oxygens (including phenoxy) is 2. The lowest BCUT2D eigenvalue weighted by Gasteiger charge is -2.36. The van der Waals surface area contributed by atoms with Crippen LogP contribution in [-0.2, 0) is 19.1 Å². The maximum Gasteiger partial charge on any atom is 0.344 e. The van der Waals surface area contributed by atoms with E-state index < -0.39 is 11.9 Å². The minimum absolute atomic E-state index is 0.0873. The van der Waals surface area contributed by atoms with Crippen LogP contribution in [-0.4, -0.2) is 24.6 Å². The second-order valence-electron chi connectivity index (χ2n) is 6.94. The van der Waals surface area contributed by atoms with E-state index in [2.05, 4.69) is 20.8 Å². The molecule has 2 rings (SSSR count). The van der Waals surface area contributed by atoms with E-state index in [9.17, 15) is 9.59 Å². The molecule has 3 atom stereocenters. The predicted molar refractivity (Wildman–Crippen MR) is 103 cm³/mol. The first-order chi connectivity index (χ1) is 11.8. The van der Waals surface area contributed by atoms with Crippen molar-refractivity contribution in [2.45, 2.75) is 46.1 Å². The summed E-state index contributed by atoms with van der Waals surface area (Å²) in [6, 6.07) is 3.54. The van der Waals surface area contributed by atoms with Gasteiger partial charge in [0, 0.05) is 6.08 Å². The zero-order valence-corrected chi connectivity index (χ0v) is 17.0. The first kappa shape index (κ1) is 20.0. The summed E-state index contributed by atoms with van der Waals surface area (Å²) in [6.45, 7) is 6.12. The molecule has 0 aromatic carbocycles. The van der Waals surface area contributed by atoms with Crippen LogP contribution in [0.5, 0.6) is 0 Å². The Balaban J connectivity index is 1.79. The van der Waals surface area contributed by atoms with Crippen molar-refractivity contribution in [3.63, 3.8) is 0 Å². The van der Waals surface area contributed by atoms with Crippen LogP contribution in [0, 0.1) is 21.5 Å². The first-order valence-corrected chi connectivity index (χ1v) is 9.72. The van der Waals surface area contributed by atoms with Crippen LogP contribution in [0.1, 0.15) is 45.8 Å². The van der Waals surface area contributed by atoms with Gasteiger partial charge in [-0.15, -0.1) is 0 Å². The van der Waals surface area contributed by atoms with E-state index >= 15 is 0 Å². The fourth-order valence-electron chi connectivity index (χ4n) is 3.20. The standard InChI is InChI=1S/C19H25IO5/c1-12(2)15-7-4-13(3)10-16(15)25-19(22)11-23-18(21)9-6-14-5-8-17(20)24-14/h5-6,8-9,12-13,15-16H,4,7,10-11H2,1-3H3/b9-6+/t13-,15+,16-/m0/s1. The molecule has 1 aromatic heterocycles. The minimum Gasteiger partial charge on any atom is -0.460 e. The summed E-state index contributed by atoms with van der Waals surface area (Å²) in [7, 11) is 0. The van der Waals surface area contributed by atoms with Gasteiger partial charge in [-0.05, 0) is 71.4 Å². The molecular formula is C19H25IO5. The molecule has 1 aromatic rings. The van der Waals surface area contributed by atoms with Crippen LogP contribution in [0.25, 0.3) is 6.08 Å². The van der Waals surface area contributed by atoms with E-state index in [1.54, 1.807) is 12.1 Å². The van der Waals surface area contributed by atoms with Crippen molar-refractivity contribution in [1.82, 2.24) is 0 Å². The summed E-state index contributed by atoms with van der Waals surface area (Å²) in [6.07, 6.45) is 5.77. The third kappa shape index (κ3) is 6.49. The average molecular weight is 460 g/mol. The van der Waals surface area contributed by atoms with Crippen molar-refractivity contribution >= 4 is 40.6 Å². The van der Waals surface area contributed by atoms with E-state index in [4.69, 9.17) is 13.9 Å². The van der Waals surface area contributed by atoms with Gasteiger partial charge >= 0.3 is 11.9 Å². The smallest absolute Gasteiger partial charge is 0.344 e. The highest BCUT2D eigenvalue weighted by Gasteiger charge is 2.33. The molecule has 6 heteroatoms. The summed E-state index contributed by atoms with van der Waals surface area (Å²) in [5.74, 6) is 0.859. The molecule has 0 saturated heterocycles. The minimum atomic E-state index is -0.597. The summed E-state index contributed by atoms with van der Waals surface area (Å²) >= 11 is 2.04. The predicted octanol–water partition coefficient (Wildman–Crippen LogP) is 4.44. The van der Waals surface area contributed by atoms with E-state index in [1.807, 2.05) is 22.6 Å². The van der Waals surface area contributed by atoms with E-state index in [0.29, 0.717) is 23.5 Å². The molecule has 25 heavy (non-hydrogen) atoms. The van der Waals surface area contributed by atoms with Crippen LogP contribution in [0.4, 0.5) is 0 Å². The number of esters is 2. The van der Waals surface area contributed by atoms with Crippen molar-refractivity contribution < 1.29 is 23.5 Å². The zero-order chi connectivity index (χ0) is 18.4. The lowest BCUT2D eigenvalue weighted by atomic mass is 9.75. The molecule has 1 fully saturated rings. The number of rotatable bonds is 6. The van der Waals surface area contributed by atoms with Crippen LogP contribution >= 0.6 is 22.6 Å². The molecule has 0 radical (unpaired) electrons. The maximum absolute atomic E-state index is 12.0. The molecule has 0 spiro atoms. The summed E-state index contributed by atoms with van der Waals surface area (Å²) < 4.78 is 16.6. The van der Waals surface area contributed by atoms with Gasteiger partial charge in [0.15, 0.2) is 10.4 Å². The van der Waals surface area contributed by atoms with Crippen LogP contribution in [0.3, 0.4) is 0 Å². The monoisotopic (exact) mass is 460 g/mol. The van der Waals surface area contributed by atoms with Crippen molar-refractivity contribution in [1.29, 1.82) is 0 Å². The number of furan rings is 1. The number of hydrogen-bond donors (Lipinski definition) is 0. The molecule has 0 bridgehead atoms. The molecule has 0 aliphatic heterocycles. The van der Waals surface area contributed by atoms with Gasteiger partial charge in [0.25, 0.3) is 0 Å². The number of halogens is 1. The molecule has 0 N–H and O–H groups in total. The Morgan fingerprint density at radius 2 is 2.12 bits per heavy atom. The Bertz CT molecular complexity index is 619. The molecule has 1 aliphatic rings. The topological polar surface area (TPSA) is 65.7 Å². The number of carbonyl (C=O) groups is 2. The molecule has 1 aliphatic carbocycles. The van der Waals surface area contributed by atoms with Crippen molar-refractivity contribution in [3.05, 3.63) is 27.7 Å². The van der Waals surface area contributed by atoms with Gasteiger partial charge < -0.3 is 13.9 Å². The average Bonchev–Trinajstić information content (AvgIpc) is 2.96. The summed E-state index contributed by atoms with van der Waals surface area (Å²) in [5, 5.41) is 0. The highest BCUT2D eigenvalue weighted by molar-refractivity contribution is 14.1. The van der Waals surface area contributed by atoms with Gasteiger partial charge in [0.05, 0.1) is 0 Å². The Labute approximate surface area is 162 Å². The van der Waals surface area contributed by atoms with Crippen molar-refractivity contribution in [2.24, 2.45) is 17.8 Å². The molecule has 1 heterocycles. The first-order valence-electron chi connectivity index (χ1n) is 8.64. The third-order valence-electron chi connectivity index (χ3n) is 4.55. The molecular weight excluding hydrogens is 435 g/mol. The van der Waals surface area contributed by atoms with Crippen LogP contribution in [0.2, 0.25) is 0 Å². The quantitative estimate of drug-likeness (QED) is 0.357. The molecule has 0 amide bonds. The molecule has 1 saturated carbocycles. The normalized spacial score (nSPS) is 23.8. The van der Waals surface area contributed by atoms with Crippen molar-refractivity contribution in [3.8, 4) is 0 Å². The Morgan fingerprint density at radius 3 is 2.76 bits per heavy atom. The summed E-state index contributed by atoms with van der Waals surface area (Å²) in [5.41, 5.74) is 0. The van der Waals surface area contributed by atoms with Gasteiger partial charge in [-0.25, -0.2) is 9.59 Å². The van der Waals surface area contributed by atoms with Gasteiger partial charge in [-0.1, -0.05) is 27.2 Å². The van der Waals surface area contributed by atoms with Crippen molar-refractivity contribution in [2.75, 3.05) is 6.61 Å². The molecule has 138 valence electrons. The van der Waals surface area contributed by atoms with Gasteiger partial charge in [0.1, 0.15) is 11.9 Å². The number of hydrogen-bond acceptors (Lipinski definition) is 5. The second kappa shape index (κ2) is 9.40. The zero-order valence-electron chi connectivity index (χ0n) is 14.9. The van der Waals surface area contributed by atoms with E-state index in [-0.39, 0.29) is 12.7 Å².